The van der Waals surface area contributed by atoms with Crippen LogP contribution in [0, 0.1) is 0 Å². The molecule has 4 nitrogen and oxygen atoms in total. The topological polar surface area (TPSA) is 46.9 Å². The first kappa shape index (κ1) is 16.8. The molecule has 0 aliphatic heterocycles. The SMILES string of the molecule is Cn1ncc(C(=O)Nc2cccc(C(F)(F)F)c2)c1C(F)(F)F. The second kappa shape index (κ2) is 5.60. The van der Waals surface area contributed by atoms with Gasteiger partial charge in [0.1, 0.15) is 0 Å². The minimum atomic E-state index is -4.83. The molecule has 0 atom stereocenters. The average Bonchev–Trinajstić information content (AvgIpc) is 2.80. The van der Waals surface area contributed by atoms with Crippen LogP contribution in [0.25, 0.3) is 0 Å². The summed E-state index contributed by atoms with van der Waals surface area (Å²) >= 11 is 0. The number of nitrogens with one attached hydrogen (secondary N) is 1. The van der Waals surface area contributed by atoms with E-state index in [1.165, 1.54) is 0 Å². The Balaban J connectivity index is 2.31. The van der Waals surface area contributed by atoms with Crippen LogP contribution in [0.5, 0.6) is 0 Å². The summed E-state index contributed by atoms with van der Waals surface area (Å²) in [5.74, 6) is -1.20. The van der Waals surface area contributed by atoms with E-state index in [1.807, 2.05) is 5.32 Å². The highest BCUT2D eigenvalue weighted by Crippen LogP contribution is 2.33. The van der Waals surface area contributed by atoms with E-state index >= 15 is 0 Å². The van der Waals surface area contributed by atoms with Gasteiger partial charge in [-0.05, 0) is 18.2 Å². The van der Waals surface area contributed by atoms with E-state index in [0.29, 0.717) is 16.9 Å². The summed E-state index contributed by atoms with van der Waals surface area (Å²) in [5.41, 5.74) is -3.38. The Morgan fingerprint density at radius 1 is 1.13 bits per heavy atom. The number of hydrogen-bond acceptors (Lipinski definition) is 2. The summed E-state index contributed by atoms with van der Waals surface area (Å²) in [6.07, 6.45) is -8.76. The fraction of sp³-hybridized carbons (Fsp3) is 0.231. The van der Waals surface area contributed by atoms with Crippen LogP contribution in [-0.4, -0.2) is 15.7 Å². The highest BCUT2D eigenvalue weighted by atomic mass is 19.4. The first-order valence-electron chi connectivity index (χ1n) is 6.08. The van der Waals surface area contributed by atoms with Gasteiger partial charge in [0, 0.05) is 12.7 Å². The van der Waals surface area contributed by atoms with Gasteiger partial charge in [-0.2, -0.15) is 31.4 Å². The first-order chi connectivity index (χ1) is 10.5. The Hall–Kier alpha value is -2.52. The minimum absolute atomic E-state index is 0.276. The van der Waals surface area contributed by atoms with Crippen molar-refractivity contribution in [1.82, 2.24) is 9.78 Å². The molecule has 1 amide bonds. The lowest BCUT2D eigenvalue weighted by atomic mass is 10.1. The highest BCUT2D eigenvalue weighted by Gasteiger charge is 2.39. The number of halogens is 6. The number of carbonyl (C=O) groups excluding carboxylic acids is 1. The molecule has 1 heterocycles. The van der Waals surface area contributed by atoms with Gasteiger partial charge in [0.05, 0.1) is 17.3 Å². The average molecular weight is 337 g/mol. The molecule has 0 bridgehead atoms. The Kier molecular flexibility index (Phi) is 4.10. The van der Waals surface area contributed by atoms with Gasteiger partial charge in [-0.15, -0.1) is 0 Å². The number of alkyl halides is 6. The Bertz CT molecular complexity index is 732. The van der Waals surface area contributed by atoms with Gasteiger partial charge in [-0.25, -0.2) is 0 Å². The van der Waals surface area contributed by atoms with Gasteiger partial charge in [0.2, 0.25) is 0 Å². The zero-order valence-corrected chi connectivity index (χ0v) is 11.5. The van der Waals surface area contributed by atoms with Gasteiger partial charge in [0.25, 0.3) is 5.91 Å². The maximum Gasteiger partial charge on any atom is 0.433 e. The standard InChI is InChI=1S/C13H9F6N3O/c1-22-10(13(17,18)19)9(6-20-22)11(23)21-8-4-2-3-7(5-8)12(14,15)16/h2-6H,1H3,(H,21,23). The minimum Gasteiger partial charge on any atom is -0.322 e. The lowest BCUT2D eigenvalue weighted by Gasteiger charge is -2.11. The second-order valence-electron chi connectivity index (χ2n) is 4.56. The summed E-state index contributed by atoms with van der Waals surface area (Å²) in [6.45, 7) is 0. The van der Waals surface area contributed by atoms with Crippen LogP contribution in [0.2, 0.25) is 0 Å². The van der Waals surface area contributed by atoms with Crippen molar-refractivity contribution in [2.24, 2.45) is 7.05 Å². The lowest BCUT2D eigenvalue weighted by Crippen LogP contribution is -2.20. The van der Waals surface area contributed by atoms with Crippen molar-refractivity contribution >= 4 is 11.6 Å². The monoisotopic (exact) mass is 337 g/mol. The van der Waals surface area contributed by atoms with E-state index in [4.69, 9.17) is 0 Å². The third-order valence-electron chi connectivity index (χ3n) is 2.90. The molecule has 1 aromatic heterocycles. The van der Waals surface area contributed by atoms with Gasteiger partial charge in [-0.3, -0.25) is 9.48 Å². The van der Waals surface area contributed by atoms with Gasteiger partial charge >= 0.3 is 12.4 Å². The van der Waals surface area contributed by atoms with Crippen LogP contribution < -0.4 is 5.32 Å². The molecule has 0 aliphatic rings. The zero-order chi connectivity index (χ0) is 17.4. The van der Waals surface area contributed by atoms with Crippen molar-refractivity contribution in [3.05, 3.63) is 47.3 Å². The molecule has 0 unspecified atom stereocenters. The van der Waals surface area contributed by atoms with Gasteiger partial charge < -0.3 is 5.32 Å². The zero-order valence-electron chi connectivity index (χ0n) is 11.5. The van der Waals surface area contributed by atoms with Crippen LogP contribution in [0.15, 0.2) is 30.5 Å². The van der Waals surface area contributed by atoms with E-state index < -0.39 is 35.1 Å². The van der Waals surface area contributed by atoms with Crippen molar-refractivity contribution in [1.29, 1.82) is 0 Å². The number of amides is 1. The molecular formula is C13H9F6N3O. The molecule has 0 radical (unpaired) electrons. The third-order valence-corrected chi connectivity index (χ3v) is 2.90. The Morgan fingerprint density at radius 2 is 1.78 bits per heavy atom. The number of benzene rings is 1. The third kappa shape index (κ3) is 3.63. The number of hydrogen-bond donors (Lipinski definition) is 1. The molecule has 1 aromatic carbocycles. The van der Waals surface area contributed by atoms with E-state index in [0.717, 1.165) is 25.2 Å². The second-order valence-corrected chi connectivity index (χ2v) is 4.56. The number of anilines is 1. The van der Waals surface area contributed by atoms with E-state index in [2.05, 4.69) is 5.10 Å². The maximum absolute atomic E-state index is 12.9. The molecule has 124 valence electrons. The normalized spacial score (nSPS) is 12.3. The Labute approximate surface area is 125 Å². The van der Waals surface area contributed by atoms with Crippen LogP contribution in [-0.2, 0) is 19.4 Å². The molecular weight excluding hydrogens is 328 g/mol. The predicted molar refractivity (Wildman–Crippen MR) is 67.6 cm³/mol. The lowest BCUT2D eigenvalue weighted by molar-refractivity contribution is -0.144. The molecule has 0 saturated heterocycles. The van der Waals surface area contributed by atoms with Crippen LogP contribution in [0.4, 0.5) is 32.0 Å². The van der Waals surface area contributed by atoms with Crippen molar-refractivity contribution in [3.63, 3.8) is 0 Å². The van der Waals surface area contributed by atoms with E-state index in [9.17, 15) is 31.1 Å². The summed E-state index contributed by atoms with van der Waals surface area (Å²) in [4.78, 5) is 11.9. The van der Waals surface area contributed by atoms with Crippen molar-refractivity contribution < 1.29 is 31.1 Å². The van der Waals surface area contributed by atoms with Crippen molar-refractivity contribution in [2.75, 3.05) is 5.32 Å². The molecule has 10 heteroatoms. The first-order valence-corrected chi connectivity index (χ1v) is 6.08. The molecule has 0 spiro atoms. The number of carbonyl (C=O) groups is 1. The van der Waals surface area contributed by atoms with Gasteiger partial charge in [0.15, 0.2) is 5.69 Å². The van der Waals surface area contributed by atoms with Crippen molar-refractivity contribution in [3.8, 4) is 0 Å². The van der Waals surface area contributed by atoms with E-state index in [1.54, 1.807) is 0 Å². The molecule has 23 heavy (non-hydrogen) atoms. The number of nitrogens with zero attached hydrogens (tertiary/aromatic N) is 2. The molecule has 0 fully saturated rings. The molecule has 2 rings (SSSR count). The molecule has 0 aliphatic carbocycles. The van der Waals surface area contributed by atoms with Crippen molar-refractivity contribution in [2.45, 2.75) is 12.4 Å². The van der Waals surface area contributed by atoms with Crippen LogP contribution in [0.1, 0.15) is 21.6 Å². The predicted octanol–water partition coefficient (Wildman–Crippen LogP) is 3.71. The number of aryl methyl sites for hydroxylation is 1. The fourth-order valence-electron chi connectivity index (χ4n) is 1.91. The number of aromatic nitrogens is 2. The fourth-order valence-corrected chi connectivity index (χ4v) is 1.91. The largest absolute Gasteiger partial charge is 0.433 e. The molecule has 0 saturated carbocycles. The smallest absolute Gasteiger partial charge is 0.322 e. The summed E-state index contributed by atoms with van der Waals surface area (Å²) in [5, 5.41) is 5.36. The highest BCUT2D eigenvalue weighted by molar-refractivity contribution is 6.05. The molecule has 1 N–H and O–H groups in total. The molecule has 2 aromatic rings. The maximum atomic E-state index is 12.9. The summed E-state index contributed by atoms with van der Waals surface area (Å²) < 4.78 is 76.8. The van der Waals surface area contributed by atoms with Gasteiger partial charge in [-0.1, -0.05) is 6.07 Å². The Morgan fingerprint density at radius 3 is 2.35 bits per heavy atom. The van der Waals surface area contributed by atoms with Crippen LogP contribution >= 0.6 is 0 Å². The summed E-state index contributed by atoms with van der Waals surface area (Å²) in [6, 6.07) is 3.57. The number of rotatable bonds is 2. The quantitative estimate of drug-likeness (QED) is 0.849. The summed E-state index contributed by atoms with van der Waals surface area (Å²) in [7, 11) is 1.00. The van der Waals surface area contributed by atoms with Crippen LogP contribution in [0.3, 0.4) is 0 Å². The van der Waals surface area contributed by atoms with E-state index in [-0.39, 0.29) is 5.69 Å².